The molecule has 0 aliphatic heterocycles. The van der Waals surface area contributed by atoms with E-state index in [-0.39, 0.29) is 0 Å². The van der Waals surface area contributed by atoms with Crippen LogP contribution in [0.25, 0.3) is 5.65 Å². The lowest BCUT2D eigenvalue weighted by molar-refractivity contribution is 0.0591. The number of pyridine rings is 1. The molecule has 3 rings (SSSR count). The fourth-order valence-electron chi connectivity index (χ4n) is 2.21. The summed E-state index contributed by atoms with van der Waals surface area (Å²) in [6.45, 7) is 0. The molecule has 0 fully saturated rings. The second-order valence-corrected chi connectivity index (χ2v) is 4.73. The third-order valence-corrected chi connectivity index (χ3v) is 3.32. The van der Waals surface area contributed by atoms with Crippen LogP contribution in [-0.2, 0) is 11.2 Å². The number of benzene rings is 1. The number of hydrogen-bond acceptors (Lipinski definition) is 5. The summed E-state index contributed by atoms with van der Waals surface area (Å²) < 4.78 is 11.4. The van der Waals surface area contributed by atoms with Crippen LogP contribution in [0.3, 0.4) is 0 Å². The summed E-state index contributed by atoms with van der Waals surface area (Å²) in [5, 5.41) is 4.39. The Labute approximate surface area is 127 Å². The van der Waals surface area contributed by atoms with E-state index < -0.39 is 5.97 Å². The van der Waals surface area contributed by atoms with Crippen molar-refractivity contribution in [2.24, 2.45) is 0 Å². The number of ether oxygens (including phenoxy) is 2. The first-order chi connectivity index (χ1) is 10.7. The molecule has 0 radical (unpaired) electrons. The standard InChI is InChI=1S/C16H15N3O3/c1-21-12-8-6-11(7-9-12)10-14-17-15-5-3-4-13(16(20)22-2)19(15)18-14/h3-9H,10H2,1-2H3. The second kappa shape index (κ2) is 5.85. The summed E-state index contributed by atoms with van der Waals surface area (Å²) in [4.78, 5) is 16.2. The zero-order valence-corrected chi connectivity index (χ0v) is 12.3. The van der Waals surface area contributed by atoms with Gasteiger partial charge in [0.25, 0.3) is 0 Å². The van der Waals surface area contributed by atoms with Gasteiger partial charge in [-0.3, -0.25) is 0 Å². The second-order valence-electron chi connectivity index (χ2n) is 4.73. The van der Waals surface area contributed by atoms with Crippen LogP contribution in [0.15, 0.2) is 42.5 Å². The molecule has 0 amide bonds. The van der Waals surface area contributed by atoms with E-state index in [1.807, 2.05) is 24.3 Å². The number of rotatable bonds is 4. The largest absolute Gasteiger partial charge is 0.497 e. The number of carbonyl (C=O) groups is 1. The van der Waals surface area contributed by atoms with Gasteiger partial charge >= 0.3 is 5.97 Å². The van der Waals surface area contributed by atoms with E-state index in [9.17, 15) is 4.79 Å². The maximum atomic E-state index is 11.7. The molecular weight excluding hydrogens is 282 g/mol. The number of hydrogen-bond donors (Lipinski definition) is 0. The molecule has 0 unspecified atom stereocenters. The maximum absolute atomic E-state index is 11.7. The maximum Gasteiger partial charge on any atom is 0.356 e. The van der Waals surface area contributed by atoms with Gasteiger partial charge in [0, 0.05) is 6.42 Å². The number of carbonyl (C=O) groups excluding carboxylic acids is 1. The van der Waals surface area contributed by atoms with Crippen LogP contribution in [0, 0.1) is 0 Å². The van der Waals surface area contributed by atoms with Crippen molar-refractivity contribution < 1.29 is 14.3 Å². The highest BCUT2D eigenvalue weighted by atomic mass is 16.5. The first-order valence-corrected chi connectivity index (χ1v) is 6.77. The minimum Gasteiger partial charge on any atom is -0.497 e. The quantitative estimate of drug-likeness (QED) is 0.690. The predicted molar refractivity (Wildman–Crippen MR) is 80.1 cm³/mol. The van der Waals surface area contributed by atoms with Crippen molar-refractivity contribution in [3.63, 3.8) is 0 Å². The van der Waals surface area contributed by atoms with E-state index >= 15 is 0 Å². The molecule has 0 bridgehead atoms. The van der Waals surface area contributed by atoms with Crippen molar-refractivity contribution in [1.29, 1.82) is 0 Å². The molecule has 0 aliphatic rings. The molecule has 0 aliphatic carbocycles. The number of methoxy groups -OCH3 is 2. The minimum atomic E-state index is -0.438. The zero-order valence-electron chi connectivity index (χ0n) is 12.3. The Morgan fingerprint density at radius 2 is 1.91 bits per heavy atom. The smallest absolute Gasteiger partial charge is 0.356 e. The summed E-state index contributed by atoms with van der Waals surface area (Å²) in [5.74, 6) is 1.01. The summed E-state index contributed by atoms with van der Waals surface area (Å²) >= 11 is 0. The number of esters is 1. The van der Waals surface area contributed by atoms with Gasteiger partial charge < -0.3 is 9.47 Å². The van der Waals surface area contributed by atoms with Crippen molar-refractivity contribution in [2.75, 3.05) is 14.2 Å². The molecule has 6 nitrogen and oxygen atoms in total. The Hall–Kier alpha value is -2.89. The van der Waals surface area contributed by atoms with Gasteiger partial charge in [0.05, 0.1) is 14.2 Å². The lowest BCUT2D eigenvalue weighted by Gasteiger charge is -2.01. The van der Waals surface area contributed by atoms with E-state index in [0.717, 1.165) is 11.3 Å². The molecule has 22 heavy (non-hydrogen) atoms. The highest BCUT2D eigenvalue weighted by Gasteiger charge is 2.13. The van der Waals surface area contributed by atoms with Gasteiger partial charge in [-0.05, 0) is 29.8 Å². The molecule has 1 aromatic carbocycles. The summed E-state index contributed by atoms with van der Waals surface area (Å²) in [6, 6.07) is 12.9. The van der Waals surface area contributed by atoms with Crippen LogP contribution >= 0.6 is 0 Å². The third-order valence-electron chi connectivity index (χ3n) is 3.32. The fraction of sp³-hybridized carbons (Fsp3) is 0.188. The van der Waals surface area contributed by atoms with Crippen LogP contribution in [0.4, 0.5) is 0 Å². The van der Waals surface area contributed by atoms with Gasteiger partial charge in [0.2, 0.25) is 0 Å². The number of nitrogens with zero attached hydrogens (tertiary/aromatic N) is 3. The molecule has 112 valence electrons. The molecule has 3 aromatic rings. The lowest BCUT2D eigenvalue weighted by Crippen LogP contribution is -2.08. The van der Waals surface area contributed by atoms with E-state index in [0.29, 0.717) is 23.6 Å². The van der Waals surface area contributed by atoms with Crippen LogP contribution in [-0.4, -0.2) is 34.8 Å². The van der Waals surface area contributed by atoms with Crippen molar-refractivity contribution in [2.45, 2.75) is 6.42 Å². The Bertz CT molecular complexity index is 809. The predicted octanol–water partition coefficient (Wildman–Crippen LogP) is 2.12. The molecule has 0 spiro atoms. The highest BCUT2D eigenvalue weighted by molar-refractivity contribution is 5.88. The first kappa shape index (κ1) is 14.1. The van der Waals surface area contributed by atoms with Gasteiger partial charge in [-0.2, -0.15) is 5.10 Å². The van der Waals surface area contributed by atoms with E-state index in [1.165, 1.54) is 11.6 Å². The van der Waals surface area contributed by atoms with Crippen LogP contribution in [0.5, 0.6) is 5.75 Å². The third kappa shape index (κ3) is 2.63. The molecule has 2 aromatic heterocycles. The Kier molecular flexibility index (Phi) is 3.74. The zero-order chi connectivity index (χ0) is 15.5. The summed E-state index contributed by atoms with van der Waals surface area (Å²) in [6.07, 6.45) is 0.576. The molecular formula is C16H15N3O3. The Morgan fingerprint density at radius 1 is 1.14 bits per heavy atom. The van der Waals surface area contributed by atoms with Crippen molar-refractivity contribution in [3.8, 4) is 5.75 Å². The van der Waals surface area contributed by atoms with E-state index in [2.05, 4.69) is 10.1 Å². The number of aromatic nitrogens is 3. The molecule has 0 atom stereocenters. The van der Waals surface area contributed by atoms with Gasteiger partial charge in [0.1, 0.15) is 5.75 Å². The van der Waals surface area contributed by atoms with Crippen molar-refractivity contribution in [3.05, 3.63) is 59.5 Å². The van der Waals surface area contributed by atoms with Crippen molar-refractivity contribution in [1.82, 2.24) is 14.6 Å². The average Bonchev–Trinajstić information content (AvgIpc) is 2.97. The van der Waals surface area contributed by atoms with Crippen LogP contribution < -0.4 is 4.74 Å². The van der Waals surface area contributed by atoms with Gasteiger partial charge in [-0.1, -0.05) is 18.2 Å². The number of fused-ring (bicyclic) bond motifs is 1. The minimum absolute atomic E-state index is 0.355. The molecule has 0 N–H and O–H groups in total. The Morgan fingerprint density at radius 3 is 2.59 bits per heavy atom. The van der Waals surface area contributed by atoms with Gasteiger partial charge in [-0.15, -0.1) is 0 Å². The van der Waals surface area contributed by atoms with E-state index in [1.54, 1.807) is 25.3 Å². The molecule has 0 saturated heterocycles. The average molecular weight is 297 g/mol. The monoisotopic (exact) mass is 297 g/mol. The molecule has 2 heterocycles. The summed E-state index contributed by atoms with van der Waals surface area (Å²) in [7, 11) is 2.98. The summed E-state index contributed by atoms with van der Waals surface area (Å²) in [5.41, 5.74) is 2.04. The molecule has 6 heteroatoms. The SMILES string of the molecule is COC(=O)c1cccc2nc(Cc3ccc(OC)cc3)nn12. The first-order valence-electron chi connectivity index (χ1n) is 6.77. The fourth-order valence-corrected chi connectivity index (χ4v) is 2.21. The van der Waals surface area contributed by atoms with Gasteiger partial charge in [-0.25, -0.2) is 14.3 Å². The van der Waals surface area contributed by atoms with Crippen molar-refractivity contribution >= 4 is 11.6 Å². The topological polar surface area (TPSA) is 65.7 Å². The molecule has 0 saturated carbocycles. The van der Waals surface area contributed by atoms with E-state index in [4.69, 9.17) is 9.47 Å². The highest BCUT2D eigenvalue weighted by Crippen LogP contribution is 2.14. The van der Waals surface area contributed by atoms with Crippen LogP contribution in [0.1, 0.15) is 21.9 Å². The van der Waals surface area contributed by atoms with Gasteiger partial charge in [0.15, 0.2) is 17.2 Å². The normalized spacial score (nSPS) is 10.6. The lowest BCUT2D eigenvalue weighted by atomic mass is 10.1. The van der Waals surface area contributed by atoms with Crippen LogP contribution in [0.2, 0.25) is 0 Å². The Balaban J connectivity index is 1.93.